The van der Waals surface area contributed by atoms with Crippen molar-refractivity contribution in [2.45, 2.75) is 19.9 Å². The molecule has 1 amide bonds. The molecule has 1 heterocycles. The summed E-state index contributed by atoms with van der Waals surface area (Å²) in [6, 6.07) is 7.74. The van der Waals surface area contributed by atoms with Gasteiger partial charge in [0.05, 0.1) is 29.1 Å². The fourth-order valence-electron chi connectivity index (χ4n) is 1.81. The number of anilines is 1. The molecule has 0 unspecified atom stereocenters. The highest BCUT2D eigenvalue weighted by Crippen LogP contribution is 2.21. The van der Waals surface area contributed by atoms with Crippen molar-refractivity contribution in [3.05, 3.63) is 46.1 Å². The van der Waals surface area contributed by atoms with E-state index in [0.717, 1.165) is 0 Å². The monoisotopic (exact) mass is 290 g/mol. The predicted molar refractivity (Wildman–Crippen MR) is 75.0 cm³/mol. The highest BCUT2D eigenvalue weighted by atomic mass is 16.6. The molecule has 0 bridgehead atoms. The van der Waals surface area contributed by atoms with Crippen LogP contribution in [0.25, 0.3) is 0 Å². The van der Waals surface area contributed by atoms with Crippen molar-refractivity contribution in [2.24, 2.45) is 0 Å². The van der Waals surface area contributed by atoms with Crippen LogP contribution in [-0.4, -0.2) is 25.7 Å². The molecule has 110 valence electrons. The number of aromatic hydroxyl groups is 1. The molecule has 1 aromatic heterocycles. The molecule has 0 atom stereocenters. The maximum atomic E-state index is 11.8. The molecule has 0 aliphatic rings. The maximum Gasteiger partial charge on any atom is 0.390 e. The summed E-state index contributed by atoms with van der Waals surface area (Å²) in [6.45, 7) is 1.90. The van der Waals surface area contributed by atoms with E-state index in [1.165, 1.54) is 16.8 Å². The lowest BCUT2D eigenvalue weighted by atomic mass is 10.3. The number of carbonyl (C=O) groups excluding carboxylic acids is 1. The molecular weight excluding hydrogens is 276 g/mol. The van der Waals surface area contributed by atoms with E-state index in [1.807, 2.05) is 0 Å². The first-order valence-electron chi connectivity index (χ1n) is 6.24. The van der Waals surface area contributed by atoms with E-state index in [4.69, 9.17) is 0 Å². The highest BCUT2D eigenvalue weighted by molar-refractivity contribution is 5.92. The minimum atomic E-state index is -0.578. The Morgan fingerprint density at radius 3 is 2.81 bits per heavy atom. The maximum absolute atomic E-state index is 11.8. The second-order valence-electron chi connectivity index (χ2n) is 4.44. The molecule has 8 heteroatoms. The molecule has 0 fully saturated rings. The second kappa shape index (κ2) is 6.04. The van der Waals surface area contributed by atoms with Crippen LogP contribution in [0.2, 0.25) is 0 Å². The van der Waals surface area contributed by atoms with Gasteiger partial charge in [-0.15, -0.1) is 0 Å². The summed E-state index contributed by atoms with van der Waals surface area (Å²) < 4.78 is 1.41. The Kier molecular flexibility index (Phi) is 4.17. The Morgan fingerprint density at radius 2 is 2.19 bits per heavy atom. The lowest BCUT2D eigenvalue weighted by Crippen LogP contribution is -2.15. The summed E-state index contributed by atoms with van der Waals surface area (Å²) in [5.74, 6) is -0.570. The molecule has 0 saturated carbocycles. The normalized spacial score (nSPS) is 10.3. The van der Waals surface area contributed by atoms with Crippen LogP contribution in [0.5, 0.6) is 5.75 Å². The number of aromatic nitrogens is 2. The first kappa shape index (κ1) is 14.5. The van der Waals surface area contributed by atoms with Gasteiger partial charge >= 0.3 is 5.82 Å². The number of benzene rings is 1. The van der Waals surface area contributed by atoms with Gasteiger partial charge in [-0.25, -0.2) is 0 Å². The van der Waals surface area contributed by atoms with Gasteiger partial charge < -0.3 is 20.5 Å². The van der Waals surface area contributed by atoms with Gasteiger partial charge in [-0.2, -0.15) is 4.68 Å². The minimum Gasteiger partial charge on any atom is -0.506 e. The van der Waals surface area contributed by atoms with Gasteiger partial charge in [0.25, 0.3) is 0 Å². The summed E-state index contributed by atoms with van der Waals surface area (Å²) in [6.07, 6.45) is 0.0913. The lowest BCUT2D eigenvalue weighted by molar-refractivity contribution is -0.389. The number of para-hydroxylation sites is 2. The van der Waals surface area contributed by atoms with Gasteiger partial charge in [0.2, 0.25) is 5.91 Å². The number of nitro groups is 1. The molecule has 0 radical (unpaired) electrons. The minimum absolute atomic E-state index is 0.0169. The quantitative estimate of drug-likeness (QED) is 0.496. The van der Waals surface area contributed by atoms with E-state index in [9.17, 15) is 20.0 Å². The molecule has 0 aliphatic heterocycles. The Balaban J connectivity index is 1.95. The summed E-state index contributed by atoms with van der Waals surface area (Å²) in [5, 5.41) is 26.5. The van der Waals surface area contributed by atoms with Crippen molar-refractivity contribution in [1.82, 2.24) is 9.78 Å². The molecular formula is C13H14N4O4. The average Bonchev–Trinajstić information content (AvgIpc) is 2.81. The van der Waals surface area contributed by atoms with Crippen LogP contribution in [0.4, 0.5) is 11.5 Å². The van der Waals surface area contributed by atoms with Gasteiger partial charge in [-0.1, -0.05) is 12.1 Å². The number of hydrogen-bond donors (Lipinski definition) is 2. The van der Waals surface area contributed by atoms with Crippen LogP contribution < -0.4 is 5.32 Å². The lowest BCUT2D eigenvalue weighted by Gasteiger charge is -2.06. The highest BCUT2D eigenvalue weighted by Gasteiger charge is 2.16. The number of hydrogen-bond acceptors (Lipinski definition) is 5. The van der Waals surface area contributed by atoms with E-state index in [2.05, 4.69) is 10.4 Å². The fourth-order valence-corrected chi connectivity index (χ4v) is 1.81. The largest absolute Gasteiger partial charge is 0.506 e. The molecule has 0 saturated heterocycles. The molecule has 1 aromatic carbocycles. The van der Waals surface area contributed by atoms with Gasteiger partial charge in [0.1, 0.15) is 5.75 Å². The average molecular weight is 290 g/mol. The number of aryl methyl sites for hydroxylation is 2. The topological polar surface area (TPSA) is 110 Å². The third-order valence-electron chi connectivity index (χ3n) is 2.88. The van der Waals surface area contributed by atoms with Crippen LogP contribution in [-0.2, 0) is 11.3 Å². The zero-order chi connectivity index (χ0) is 15.4. The summed E-state index contributed by atoms with van der Waals surface area (Å²) in [7, 11) is 0. The standard InChI is InChI=1S/C13H14N4O4/c1-9-8-12(17(20)21)15-16(9)7-6-13(19)14-10-4-2-3-5-11(10)18/h2-5,8,18H,6-7H2,1H3,(H,14,19). The number of phenols is 1. The summed E-state index contributed by atoms with van der Waals surface area (Å²) in [4.78, 5) is 21.8. The van der Waals surface area contributed by atoms with Crippen molar-refractivity contribution >= 4 is 17.4 Å². The molecule has 2 aromatic rings. The number of nitrogens with one attached hydrogen (secondary N) is 1. The van der Waals surface area contributed by atoms with Crippen LogP contribution in [0.1, 0.15) is 12.1 Å². The Labute approximate surface area is 120 Å². The first-order chi connectivity index (χ1) is 9.97. The Morgan fingerprint density at radius 1 is 1.48 bits per heavy atom. The van der Waals surface area contributed by atoms with Crippen LogP contribution in [0.3, 0.4) is 0 Å². The van der Waals surface area contributed by atoms with E-state index in [-0.39, 0.29) is 30.4 Å². The summed E-state index contributed by atoms with van der Waals surface area (Å²) >= 11 is 0. The Hall–Kier alpha value is -2.90. The van der Waals surface area contributed by atoms with Crippen LogP contribution in [0, 0.1) is 17.0 Å². The van der Waals surface area contributed by atoms with Gasteiger partial charge in [-0.05, 0) is 24.0 Å². The number of nitrogens with zero attached hydrogens (tertiary/aromatic N) is 3. The van der Waals surface area contributed by atoms with Crippen molar-refractivity contribution < 1.29 is 14.8 Å². The van der Waals surface area contributed by atoms with Gasteiger partial charge in [0, 0.05) is 6.42 Å². The fraction of sp³-hybridized carbons (Fsp3) is 0.231. The summed E-state index contributed by atoms with van der Waals surface area (Å²) in [5.41, 5.74) is 0.933. The SMILES string of the molecule is Cc1cc([N+](=O)[O-])nn1CCC(=O)Nc1ccccc1O. The van der Waals surface area contributed by atoms with Crippen molar-refractivity contribution in [1.29, 1.82) is 0 Å². The van der Waals surface area contributed by atoms with Crippen molar-refractivity contribution in [3.63, 3.8) is 0 Å². The van der Waals surface area contributed by atoms with Crippen LogP contribution >= 0.6 is 0 Å². The molecule has 21 heavy (non-hydrogen) atoms. The van der Waals surface area contributed by atoms with Crippen LogP contribution in [0.15, 0.2) is 30.3 Å². The molecule has 0 spiro atoms. The molecule has 2 rings (SSSR count). The predicted octanol–water partition coefficient (Wildman–Crippen LogP) is 1.83. The number of phenolic OH excluding ortho intramolecular Hbond substituents is 1. The number of carbonyl (C=O) groups is 1. The third kappa shape index (κ3) is 3.56. The second-order valence-corrected chi connectivity index (χ2v) is 4.44. The van der Waals surface area contributed by atoms with Crippen molar-refractivity contribution in [2.75, 3.05) is 5.32 Å². The zero-order valence-electron chi connectivity index (χ0n) is 11.3. The smallest absolute Gasteiger partial charge is 0.390 e. The van der Waals surface area contributed by atoms with Gasteiger partial charge in [-0.3, -0.25) is 4.79 Å². The van der Waals surface area contributed by atoms with E-state index < -0.39 is 4.92 Å². The third-order valence-corrected chi connectivity index (χ3v) is 2.88. The zero-order valence-corrected chi connectivity index (χ0v) is 11.3. The molecule has 8 nitrogen and oxygen atoms in total. The van der Waals surface area contributed by atoms with Crippen molar-refractivity contribution in [3.8, 4) is 5.75 Å². The molecule has 0 aliphatic carbocycles. The molecule has 2 N–H and O–H groups in total. The number of rotatable bonds is 5. The van der Waals surface area contributed by atoms with E-state index in [1.54, 1.807) is 25.1 Å². The first-order valence-corrected chi connectivity index (χ1v) is 6.24. The Bertz CT molecular complexity index is 681. The van der Waals surface area contributed by atoms with Gasteiger partial charge in [0.15, 0.2) is 0 Å². The van der Waals surface area contributed by atoms with E-state index >= 15 is 0 Å². The van der Waals surface area contributed by atoms with E-state index in [0.29, 0.717) is 11.4 Å². The number of amides is 1.